The third-order valence-electron chi connectivity index (χ3n) is 6.49. The molecule has 6 nitrogen and oxygen atoms in total. The summed E-state index contributed by atoms with van der Waals surface area (Å²) in [5, 5.41) is 2.84. The van der Waals surface area contributed by atoms with E-state index >= 15 is 0 Å². The number of benzene rings is 4. The Balaban J connectivity index is 1.21. The summed E-state index contributed by atoms with van der Waals surface area (Å²) in [4.78, 5) is 15.3. The predicted octanol–water partition coefficient (Wildman–Crippen LogP) is 6.00. The van der Waals surface area contributed by atoms with Gasteiger partial charge in [-0.15, -0.1) is 0 Å². The number of carbonyl (C=O) groups excluding carboxylic acids is 1. The monoisotopic (exact) mass is 511 g/mol. The maximum absolute atomic E-state index is 12.8. The van der Waals surface area contributed by atoms with Gasteiger partial charge in [0.2, 0.25) is 0 Å². The van der Waals surface area contributed by atoms with Crippen LogP contribution in [0.3, 0.4) is 0 Å². The molecule has 0 bridgehead atoms. The van der Waals surface area contributed by atoms with Gasteiger partial charge in [-0.1, -0.05) is 42.5 Å². The van der Waals surface area contributed by atoms with Gasteiger partial charge in [-0.05, 0) is 91.1 Å². The molecule has 1 aliphatic rings. The average molecular weight is 512 g/mol. The summed E-state index contributed by atoms with van der Waals surface area (Å²) >= 11 is 0. The molecule has 0 fully saturated rings. The maximum atomic E-state index is 12.8. The second kappa shape index (κ2) is 10.5. The summed E-state index contributed by atoms with van der Waals surface area (Å²) in [6.45, 7) is 3.72. The van der Waals surface area contributed by atoms with Gasteiger partial charge in [0.1, 0.15) is 0 Å². The summed E-state index contributed by atoms with van der Waals surface area (Å²) < 4.78 is 28.0. The quantitative estimate of drug-likeness (QED) is 0.319. The summed E-state index contributed by atoms with van der Waals surface area (Å²) in [6, 6.07) is 29.4. The van der Waals surface area contributed by atoms with Crippen molar-refractivity contribution in [2.24, 2.45) is 0 Å². The summed E-state index contributed by atoms with van der Waals surface area (Å²) in [5.41, 5.74) is 6.34. The molecule has 1 aliphatic heterocycles. The largest absolute Gasteiger partial charge is 0.367 e. The number of anilines is 3. The van der Waals surface area contributed by atoms with Crippen LogP contribution in [0.4, 0.5) is 17.1 Å². The van der Waals surface area contributed by atoms with Gasteiger partial charge in [-0.2, -0.15) is 0 Å². The molecular formula is C30H29N3O3S. The van der Waals surface area contributed by atoms with Crippen LogP contribution in [0.5, 0.6) is 0 Å². The fraction of sp³-hybridized carbons (Fsp3) is 0.167. The SMILES string of the molecule is Cc1cccc(NS(=O)(=O)c2ccc(NC(=O)c3ccc(CN4CCCc5ccccc54)cc3)cc2)c1. The molecule has 0 spiro atoms. The van der Waals surface area contributed by atoms with Crippen LogP contribution < -0.4 is 14.9 Å². The number of aryl methyl sites for hydroxylation is 2. The summed E-state index contributed by atoms with van der Waals surface area (Å²) in [6.07, 6.45) is 2.25. The number of hydrogen-bond donors (Lipinski definition) is 2. The van der Waals surface area contributed by atoms with Crippen molar-refractivity contribution >= 4 is 33.0 Å². The number of carbonyl (C=O) groups is 1. The van der Waals surface area contributed by atoms with E-state index in [1.807, 2.05) is 37.3 Å². The van der Waals surface area contributed by atoms with Gasteiger partial charge in [-0.3, -0.25) is 9.52 Å². The Morgan fingerprint density at radius 3 is 2.38 bits per heavy atom. The van der Waals surface area contributed by atoms with E-state index in [9.17, 15) is 13.2 Å². The van der Waals surface area contributed by atoms with Gasteiger partial charge in [0, 0.05) is 35.7 Å². The van der Waals surface area contributed by atoms with E-state index < -0.39 is 10.0 Å². The van der Waals surface area contributed by atoms with Crippen molar-refractivity contribution < 1.29 is 13.2 Å². The van der Waals surface area contributed by atoms with Crippen LogP contribution >= 0.6 is 0 Å². The van der Waals surface area contributed by atoms with E-state index in [0.717, 1.165) is 37.1 Å². The van der Waals surface area contributed by atoms with Crippen molar-refractivity contribution in [3.05, 3.63) is 119 Å². The second-order valence-electron chi connectivity index (χ2n) is 9.30. The lowest BCUT2D eigenvalue weighted by Gasteiger charge is -2.31. The highest BCUT2D eigenvalue weighted by atomic mass is 32.2. The topological polar surface area (TPSA) is 78.5 Å². The fourth-order valence-corrected chi connectivity index (χ4v) is 5.65. The number of rotatable bonds is 7. The molecular weight excluding hydrogens is 482 g/mol. The first-order chi connectivity index (χ1) is 17.9. The Kier molecular flexibility index (Phi) is 6.97. The highest BCUT2D eigenvalue weighted by Crippen LogP contribution is 2.28. The minimum absolute atomic E-state index is 0.121. The molecule has 1 heterocycles. The first-order valence-electron chi connectivity index (χ1n) is 12.3. The highest BCUT2D eigenvalue weighted by Gasteiger charge is 2.17. The second-order valence-corrected chi connectivity index (χ2v) is 11.0. The highest BCUT2D eigenvalue weighted by molar-refractivity contribution is 7.92. The van der Waals surface area contributed by atoms with E-state index in [2.05, 4.69) is 39.2 Å². The van der Waals surface area contributed by atoms with E-state index in [4.69, 9.17) is 0 Å². The van der Waals surface area contributed by atoms with Gasteiger partial charge in [0.25, 0.3) is 15.9 Å². The van der Waals surface area contributed by atoms with Crippen molar-refractivity contribution in [1.29, 1.82) is 0 Å². The normalized spacial score (nSPS) is 13.1. The third kappa shape index (κ3) is 5.84. The molecule has 0 atom stereocenters. The van der Waals surface area contributed by atoms with E-state index in [1.165, 1.54) is 23.4 Å². The molecule has 0 unspecified atom stereocenters. The zero-order chi connectivity index (χ0) is 25.8. The van der Waals surface area contributed by atoms with E-state index in [0.29, 0.717) is 16.9 Å². The predicted molar refractivity (Wildman–Crippen MR) is 149 cm³/mol. The van der Waals surface area contributed by atoms with Gasteiger partial charge in [0.05, 0.1) is 4.90 Å². The van der Waals surface area contributed by atoms with Crippen LogP contribution in [0.15, 0.2) is 102 Å². The Hall–Kier alpha value is -4.10. The van der Waals surface area contributed by atoms with Crippen LogP contribution in [0.1, 0.15) is 33.5 Å². The molecule has 0 aromatic heterocycles. The molecule has 7 heteroatoms. The van der Waals surface area contributed by atoms with E-state index in [1.54, 1.807) is 30.3 Å². The summed E-state index contributed by atoms with van der Waals surface area (Å²) in [5.74, 6) is -0.247. The van der Waals surface area contributed by atoms with Crippen molar-refractivity contribution in [2.75, 3.05) is 21.5 Å². The Labute approximate surface area is 218 Å². The van der Waals surface area contributed by atoms with Crippen LogP contribution in [-0.2, 0) is 23.0 Å². The van der Waals surface area contributed by atoms with Crippen LogP contribution in [-0.4, -0.2) is 20.9 Å². The fourth-order valence-electron chi connectivity index (χ4n) is 4.60. The van der Waals surface area contributed by atoms with E-state index in [-0.39, 0.29) is 10.8 Å². The van der Waals surface area contributed by atoms with Crippen molar-refractivity contribution in [2.45, 2.75) is 31.2 Å². The van der Waals surface area contributed by atoms with Crippen molar-refractivity contribution in [3.63, 3.8) is 0 Å². The third-order valence-corrected chi connectivity index (χ3v) is 7.89. The molecule has 2 N–H and O–H groups in total. The standard InChI is InChI=1S/C30H29N3O3S/c1-22-6-4-9-27(20-22)32-37(35,36)28-17-15-26(16-18-28)31-30(34)25-13-11-23(12-14-25)21-33-19-5-8-24-7-2-3-10-29(24)33/h2-4,6-7,9-18,20,32H,5,8,19,21H2,1H3,(H,31,34). The van der Waals surface area contributed by atoms with Crippen LogP contribution in [0.25, 0.3) is 0 Å². The number of hydrogen-bond acceptors (Lipinski definition) is 4. The zero-order valence-corrected chi connectivity index (χ0v) is 21.5. The van der Waals surface area contributed by atoms with Gasteiger partial charge >= 0.3 is 0 Å². The molecule has 37 heavy (non-hydrogen) atoms. The number of nitrogens with zero attached hydrogens (tertiary/aromatic N) is 1. The molecule has 0 saturated carbocycles. The lowest BCUT2D eigenvalue weighted by Crippen LogP contribution is -2.28. The number of amides is 1. The Morgan fingerprint density at radius 2 is 1.62 bits per heavy atom. The zero-order valence-electron chi connectivity index (χ0n) is 20.6. The molecule has 188 valence electrons. The minimum atomic E-state index is -3.73. The molecule has 1 amide bonds. The lowest BCUT2D eigenvalue weighted by molar-refractivity contribution is 0.102. The molecule has 0 radical (unpaired) electrons. The summed E-state index contributed by atoms with van der Waals surface area (Å²) in [7, 11) is -3.73. The number of sulfonamides is 1. The molecule has 0 aliphatic carbocycles. The molecule has 5 rings (SSSR count). The first-order valence-corrected chi connectivity index (χ1v) is 13.8. The minimum Gasteiger partial charge on any atom is -0.367 e. The number of para-hydroxylation sites is 1. The van der Waals surface area contributed by atoms with Gasteiger partial charge < -0.3 is 10.2 Å². The van der Waals surface area contributed by atoms with Crippen molar-refractivity contribution in [3.8, 4) is 0 Å². The van der Waals surface area contributed by atoms with Gasteiger partial charge in [-0.25, -0.2) is 8.42 Å². The Morgan fingerprint density at radius 1 is 0.865 bits per heavy atom. The average Bonchev–Trinajstić information content (AvgIpc) is 2.89. The lowest BCUT2D eigenvalue weighted by atomic mass is 10.0. The van der Waals surface area contributed by atoms with Crippen molar-refractivity contribution in [1.82, 2.24) is 0 Å². The van der Waals surface area contributed by atoms with Gasteiger partial charge in [0.15, 0.2) is 0 Å². The smallest absolute Gasteiger partial charge is 0.261 e. The van der Waals surface area contributed by atoms with Crippen LogP contribution in [0.2, 0.25) is 0 Å². The first kappa shape index (κ1) is 24.6. The number of nitrogens with one attached hydrogen (secondary N) is 2. The maximum Gasteiger partial charge on any atom is 0.261 e. The molecule has 4 aromatic carbocycles. The molecule has 0 saturated heterocycles. The Bertz CT molecular complexity index is 1510. The molecule has 4 aromatic rings. The van der Waals surface area contributed by atoms with Crippen LogP contribution in [0, 0.1) is 6.92 Å². The number of fused-ring (bicyclic) bond motifs is 1.